The molecule has 4 rings (SSSR count). The SMILES string of the molecule is Cc1ccc(-c2ccnn3c(N)nc(-c4ccccc4)c23)cc1. The van der Waals surface area contributed by atoms with Crippen molar-refractivity contribution in [3.63, 3.8) is 0 Å². The van der Waals surface area contributed by atoms with E-state index in [9.17, 15) is 0 Å². The van der Waals surface area contributed by atoms with Crippen molar-refractivity contribution in [2.24, 2.45) is 0 Å². The van der Waals surface area contributed by atoms with Crippen LogP contribution < -0.4 is 5.73 Å². The second-order valence-electron chi connectivity index (χ2n) is 5.56. The highest BCUT2D eigenvalue weighted by Crippen LogP contribution is 2.33. The Balaban J connectivity index is 2.04. The van der Waals surface area contributed by atoms with Crippen molar-refractivity contribution < 1.29 is 0 Å². The van der Waals surface area contributed by atoms with Crippen molar-refractivity contribution in [3.8, 4) is 22.4 Å². The van der Waals surface area contributed by atoms with Gasteiger partial charge in [0, 0.05) is 17.3 Å². The van der Waals surface area contributed by atoms with Crippen molar-refractivity contribution >= 4 is 11.5 Å². The van der Waals surface area contributed by atoms with E-state index in [0.29, 0.717) is 5.95 Å². The maximum atomic E-state index is 6.07. The molecule has 0 spiro atoms. The Labute approximate surface area is 134 Å². The van der Waals surface area contributed by atoms with Crippen LogP contribution in [0.5, 0.6) is 0 Å². The minimum absolute atomic E-state index is 0.396. The monoisotopic (exact) mass is 300 g/mol. The number of fused-ring (bicyclic) bond motifs is 1. The number of aryl methyl sites for hydroxylation is 1. The molecule has 2 N–H and O–H groups in total. The molecule has 0 fully saturated rings. The van der Waals surface area contributed by atoms with E-state index in [1.54, 1.807) is 10.7 Å². The van der Waals surface area contributed by atoms with Gasteiger partial charge >= 0.3 is 0 Å². The molecule has 0 aliphatic carbocycles. The summed E-state index contributed by atoms with van der Waals surface area (Å²) in [6.45, 7) is 2.08. The Bertz CT molecular complexity index is 970. The van der Waals surface area contributed by atoms with Crippen LogP contribution in [-0.2, 0) is 0 Å². The fourth-order valence-corrected chi connectivity index (χ4v) is 2.81. The lowest BCUT2D eigenvalue weighted by molar-refractivity contribution is 0.941. The fourth-order valence-electron chi connectivity index (χ4n) is 2.81. The van der Waals surface area contributed by atoms with E-state index in [2.05, 4.69) is 41.3 Å². The number of anilines is 1. The van der Waals surface area contributed by atoms with Crippen molar-refractivity contribution in [3.05, 3.63) is 72.4 Å². The number of imidazole rings is 1. The first-order valence-corrected chi connectivity index (χ1v) is 7.50. The zero-order valence-electron chi connectivity index (χ0n) is 12.8. The van der Waals surface area contributed by atoms with Crippen LogP contribution in [0.15, 0.2) is 66.9 Å². The van der Waals surface area contributed by atoms with Crippen LogP contribution in [0.2, 0.25) is 0 Å². The molecule has 0 saturated carbocycles. The molecule has 0 amide bonds. The summed E-state index contributed by atoms with van der Waals surface area (Å²) in [5.41, 5.74) is 12.3. The number of nitrogens with two attached hydrogens (primary N) is 1. The molecule has 2 heterocycles. The average molecular weight is 300 g/mol. The molecule has 0 saturated heterocycles. The third kappa shape index (κ3) is 2.25. The molecule has 2 aromatic heterocycles. The molecule has 4 heteroatoms. The quantitative estimate of drug-likeness (QED) is 0.609. The lowest BCUT2D eigenvalue weighted by Crippen LogP contribution is -1.98. The summed E-state index contributed by atoms with van der Waals surface area (Å²) < 4.78 is 1.71. The van der Waals surface area contributed by atoms with Gasteiger partial charge in [-0.3, -0.25) is 0 Å². The molecular formula is C19H16N4. The van der Waals surface area contributed by atoms with E-state index in [1.807, 2.05) is 36.4 Å². The van der Waals surface area contributed by atoms with E-state index < -0.39 is 0 Å². The van der Waals surface area contributed by atoms with Gasteiger partial charge in [0.05, 0.1) is 0 Å². The van der Waals surface area contributed by atoms with Crippen molar-refractivity contribution in [2.75, 3.05) is 5.73 Å². The predicted molar refractivity (Wildman–Crippen MR) is 93.0 cm³/mol. The summed E-state index contributed by atoms with van der Waals surface area (Å²) in [6, 6.07) is 20.5. The number of rotatable bonds is 2. The minimum atomic E-state index is 0.396. The van der Waals surface area contributed by atoms with Gasteiger partial charge in [0.15, 0.2) is 0 Å². The summed E-state index contributed by atoms with van der Waals surface area (Å²) in [5.74, 6) is 0.396. The average Bonchev–Trinajstić information content (AvgIpc) is 2.94. The fraction of sp³-hybridized carbons (Fsp3) is 0.0526. The highest BCUT2D eigenvalue weighted by atomic mass is 15.3. The molecule has 0 bridgehead atoms. The summed E-state index contributed by atoms with van der Waals surface area (Å²) in [6.07, 6.45) is 1.76. The third-order valence-electron chi connectivity index (χ3n) is 3.97. The highest BCUT2D eigenvalue weighted by molar-refractivity contribution is 5.92. The second kappa shape index (κ2) is 5.25. The molecule has 0 aliphatic heterocycles. The highest BCUT2D eigenvalue weighted by Gasteiger charge is 2.16. The lowest BCUT2D eigenvalue weighted by Gasteiger charge is -2.07. The molecule has 112 valence electrons. The molecule has 0 atom stereocenters. The largest absolute Gasteiger partial charge is 0.368 e. The van der Waals surface area contributed by atoms with Crippen LogP contribution in [0.4, 0.5) is 5.95 Å². The summed E-state index contributed by atoms with van der Waals surface area (Å²) in [5, 5.41) is 4.36. The maximum absolute atomic E-state index is 6.07. The Kier molecular flexibility index (Phi) is 3.08. The molecule has 0 radical (unpaired) electrons. The van der Waals surface area contributed by atoms with Crippen LogP contribution in [0, 0.1) is 6.92 Å². The number of hydrogen-bond donors (Lipinski definition) is 1. The number of benzene rings is 2. The first-order valence-electron chi connectivity index (χ1n) is 7.50. The normalized spacial score (nSPS) is 11.0. The Morgan fingerprint density at radius 2 is 1.61 bits per heavy atom. The summed E-state index contributed by atoms with van der Waals surface area (Å²) in [7, 11) is 0. The lowest BCUT2D eigenvalue weighted by atomic mass is 10.0. The zero-order chi connectivity index (χ0) is 15.8. The molecule has 4 nitrogen and oxygen atoms in total. The van der Waals surface area contributed by atoms with Gasteiger partial charge in [0.1, 0.15) is 11.2 Å². The Morgan fingerprint density at radius 1 is 0.870 bits per heavy atom. The summed E-state index contributed by atoms with van der Waals surface area (Å²) in [4.78, 5) is 4.54. The van der Waals surface area contributed by atoms with E-state index >= 15 is 0 Å². The topological polar surface area (TPSA) is 56.2 Å². The van der Waals surface area contributed by atoms with E-state index in [4.69, 9.17) is 5.73 Å². The number of nitrogen functional groups attached to an aromatic ring is 1. The summed E-state index contributed by atoms with van der Waals surface area (Å²) >= 11 is 0. The third-order valence-corrected chi connectivity index (χ3v) is 3.97. The minimum Gasteiger partial charge on any atom is -0.368 e. The standard InChI is InChI=1S/C19H16N4/c1-13-7-9-14(10-8-13)16-11-12-21-23-18(16)17(22-19(23)20)15-5-3-2-4-6-15/h2-12H,1H3,(H2,20,22). The van der Waals surface area contributed by atoms with Crippen LogP contribution >= 0.6 is 0 Å². The van der Waals surface area contributed by atoms with Gasteiger partial charge in [-0.25, -0.2) is 4.98 Å². The molecule has 0 aliphatic rings. The van der Waals surface area contributed by atoms with E-state index in [-0.39, 0.29) is 0 Å². The maximum Gasteiger partial charge on any atom is 0.222 e. The number of nitrogens with zero attached hydrogens (tertiary/aromatic N) is 3. The Hall–Kier alpha value is -3.14. The van der Waals surface area contributed by atoms with E-state index in [0.717, 1.165) is 27.9 Å². The van der Waals surface area contributed by atoms with Gasteiger partial charge in [-0.2, -0.15) is 9.61 Å². The predicted octanol–water partition coefficient (Wildman–Crippen LogP) is 3.95. The van der Waals surface area contributed by atoms with Crippen molar-refractivity contribution in [2.45, 2.75) is 6.92 Å². The van der Waals surface area contributed by atoms with Crippen LogP contribution in [0.1, 0.15) is 5.56 Å². The number of hydrogen-bond acceptors (Lipinski definition) is 3. The zero-order valence-corrected chi connectivity index (χ0v) is 12.8. The van der Waals surface area contributed by atoms with Gasteiger partial charge in [-0.1, -0.05) is 60.2 Å². The Morgan fingerprint density at radius 3 is 2.35 bits per heavy atom. The van der Waals surface area contributed by atoms with Gasteiger partial charge in [-0.05, 0) is 18.6 Å². The van der Waals surface area contributed by atoms with Crippen LogP contribution in [0.25, 0.3) is 27.9 Å². The molecule has 4 aromatic rings. The first-order chi connectivity index (χ1) is 11.2. The molecule has 23 heavy (non-hydrogen) atoms. The van der Waals surface area contributed by atoms with Gasteiger partial charge in [0.2, 0.25) is 5.95 Å². The second-order valence-corrected chi connectivity index (χ2v) is 5.56. The van der Waals surface area contributed by atoms with Gasteiger partial charge < -0.3 is 5.73 Å². The molecular weight excluding hydrogens is 284 g/mol. The van der Waals surface area contributed by atoms with Gasteiger partial charge in [-0.15, -0.1) is 0 Å². The van der Waals surface area contributed by atoms with Crippen LogP contribution in [-0.4, -0.2) is 14.6 Å². The molecule has 2 aromatic carbocycles. The van der Waals surface area contributed by atoms with E-state index in [1.165, 1.54) is 5.56 Å². The van der Waals surface area contributed by atoms with Crippen molar-refractivity contribution in [1.29, 1.82) is 0 Å². The smallest absolute Gasteiger partial charge is 0.222 e. The first kappa shape index (κ1) is 13.5. The van der Waals surface area contributed by atoms with Crippen LogP contribution in [0.3, 0.4) is 0 Å². The van der Waals surface area contributed by atoms with Crippen molar-refractivity contribution in [1.82, 2.24) is 14.6 Å². The molecule has 0 unspecified atom stereocenters. The van der Waals surface area contributed by atoms with Gasteiger partial charge in [0.25, 0.3) is 0 Å². The number of aromatic nitrogens is 3.